The summed E-state index contributed by atoms with van der Waals surface area (Å²) < 4.78 is 2.00. The Morgan fingerprint density at radius 2 is 1.87 bits per heavy atom. The standard InChI is InChI=1S/C23H33N5O2/c1-15(2)14-28-17(4)19(16(3)26-28)13-22(29)25-20-7-5-6-8-21(20)27-11-9-18(10-12-27)23(24)30/h5-8,15,18H,9-14H2,1-4H3,(H2,24,30)(H,25,29). The van der Waals surface area contributed by atoms with Crippen molar-refractivity contribution in [3.8, 4) is 0 Å². The van der Waals surface area contributed by atoms with Gasteiger partial charge in [-0.2, -0.15) is 5.10 Å². The molecule has 1 saturated heterocycles. The van der Waals surface area contributed by atoms with E-state index in [9.17, 15) is 9.59 Å². The lowest BCUT2D eigenvalue weighted by Gasteiger charge is -2.33. The predicted octanol–water partition coefficient (Wildman–Crippen LogP) is 3.04. The normalized spacial score (nSPS) is 14.9. The van der Waals surface area contributed by atoms with Crippen LogP contribution in [0, 0.1) is 25.7 Å². The number of benzene rings is 1. The van der Waals surface area contributed by atoms with E-state index in [1.54, 1.807) is 0 Å². The fourth-order valence-corrected chi connectivity index (χ4v) is 4.13. The van der Waals surface area contributed by atoms with Crippen molar-refractivity contribution in [2.24, 2.45) is 17.6 Å². The first-order valence-corrected chi connectivity index (χ1v) is 10.7. The number of nitrogens with zero attached hydrogens (tertiary/aromatic N) is 3. The Hall–Kier alpha value is -2.83. The summed E-state index contributed by atoms with van der Waals surface area (Å²) in [4.78, 5) is 26.5. The number of nitrogens with one attached hydrogen (secondary N) is 1. The quantitative estimate of drug-likeness (QED) is 0.732. The lowest BCUT2D eigenvalue weighted by atomic mass is 9.96. The van der Waals surface area contributed by atoms with Gasteiger partial charge >= 0.3 is 0 Å². The van der Waals surface area contributed by atoms with Crippen LogP contribution in [-0.2, 0) is 22.6 Å². The molecule has 3 N–H and O–H groups in total. The Labute approximate surface area is 178 Å². The van der Waals surface area contributed by atoms with Crippen LogP contribution in [0.2, 0.25) is 0 Å². The van der Waals surface area contributed by atoms with E-state index in [4.69, 9.17) is 5.73 Å². The molecule has 0 unspecified atom stereocenters. The average molecular weight is 412 g/mol. The topological polar surface area (TPSA) is 93.2 Å². The van der Waals surface area contributed by atoms with Gasteiger partial charge in [0.1, 0.15) is 0 Å². The molecule has 1 aromatic carbocycles. The number of carbonyl (C=O) groups is 2. The summed E-state index contributed by atoms with van der Waals surface area (Å²) in [6.45, 7) is 10.7. The fourth-order valence-electron chi connectivity index (χ4n) is 4.13. The van der Waals surface area contributed by atoms with Gasteiger partial charge in [-0.15, -0.1) is 0 Å². The van der Waals surface area contributed by atoms with E-state index in [0.717, 1.165) is 60.8 Å². The van der Waals surface area contributed by atoms with E-state index >= 15 is 0 Å². The number of anilines is 2. The summed E-state index contributed by atoms with van der Waals surface area (Å²) in [7, 11) is 0. The number of rotatable bonds is 7. The lowest BCUT2D eigenvalue weighted by molar-refractivity contribution is -0.122. The van der Waals surface area contributed by atoms with Gasteiger partial charge in [0.2, 0.25) is 11.8 Å². The molecule has 30 heavy (non-hydrogen) atoms. The van der Waals surface area contributed by atoms with Crippen molar-refractivity contribution >= 4 is 23.2 Å². The molecule has 2 heterocycles. The van der Waals surface area contributed by atoms with Gasteiger partial charge in [-0.3, -0.25) is 14.3 Å². The van der Waals surface area contributed by atoms with Crippen LogP contribution >= 0.6 is 0 Å². The van der Waals surface area contributed by atoms with Crippen molar-refractivity contribution in [1.29, 1.82) is 0 Å². The summed E-state index contributed by atoms with van der Waals surface area (Å²) >= 11 is 0. The summed E-state index contributed by atoms with van der Waals surface area (Å²) in [6, 6.07) is 7.83. The minimum absolute atomic E-state index is 0.0511. The molecule has 1 aliphatic heterocycles. The van der Waals surface area contributed by atoms with Crippen LogP contribution in [0.4, 0.5) is 11.4 Å². The zero-order valence-electron chi connectivity index (χ0n) is 18.4. The molecule has 3 rings (SSSR count). The van der Waals surface area contributed by atoms with Crippen molar-refractivity contribution in [2.75, 3.05) is 23.3 Å². The van der Waals surface area contributed by atoms with Crippen molar-refractivity contribution in [2.45, 2.75) is 53.5 Å². The van der Waals surface area contributed by atoms with Crippen LogP contribution in [0.25, 0.3) is 0 Å². The highest BCUT2D eigenvalue weighted by Gasteiger charge is 2.25. The number of primary amides is 1. The molecule has 7 nitrogen and oxygen atoms in total. The number of aromatic nitrogens is 2. The maximum Gasteiger partial charge on any atom is 0.228 e. The average Bonchev–Trinajstić information content (AvgIpc) is 2.95. The van der Waals surface area contributed by atoms with Crippen molar-refractivity contribution < 1.29 is 9.59 Å². The molecular formula is C23H33N5O2. The predicted molar refractivity (Wildman–Crippen MR) is 119 cm³/mol. The largest absolute Gasteiger partial charge is 0.370 e. The Bertz CT molecular complexity index is 910. The van der Waals surface area contributed by atoms with Crippen molar-refractivity contribution in [3.05, 3.63) is 41.2 Å². The first-order chi connectivity index (χ1) is 14.3. The summed E-state index contributed by atoms with van der Waals surface area (Å²) in [5.41, 5.74) is 10.2. The maximum atomic E-state index is 12.9. The molecule has 162 valence electrons. The van der Waals surface area contributed by atoms with Crippen molar-refractivity contribution in [3.63, 3.8) is 0 Å². The Morgan fingerprint density at radius 1 is 1.20 bits per heavy atom. The van der Waals surface area contributed by atoms with Gasteiger partial charge in [-0.1, -0.05) is 26.0 Å². The monoisotopic (exact) mass is 411 g/mol. The van der Waals surface area contributed by atoms with Crippen molar-refractivity contribution in [1.82, 2.24) is 9.78 Å². The van der Waals surface area contributed by atoms with Gasteiger partial charge in [-0.25, -0.2) is 0 Å². The van der Waals surface area contributed by atoms with Gasteiger partial charge in [0.25, 0.3) is 0 Å². The second-order valence-electron chi connectivity index (χ2n) is 8.63. The van der Waals surface area contributed by atoms with Crippen LogP contribution in [0.3, 0.4) is 0 Å². The number of para-hydroxylation sites is 2. The number of carbonyl (C=O) groups excluding carboxylic acids is 2. The summed E-state index contributed by atoms with van der Waals surface area (Å²) in [6.07, 6.45) is 1.78. The van der Waals surface area contributed by atoms with E-state index in [2.05, 4.69) is 29.2 Å². The first-order valence-electron chi connectivity index (χ1n) is 10.7. The smallest absolute Gasteiger partial charge is 0.228 e. The summed E-state index contributed by atoms with van der Waals surface area (Å²) in [5, 5.41) is 7.70. The SMILES string of the molecule is Cc1nn(CC(C)C)c(C)c1CC(=O)Nc1ccccc1N1CCC(C(N)=O)CC1. The second kappa shape index (κ2) is 9.32. The molecule has 0 saturated carbocycles. The second-order valence-corrected chi connectivity index (χ2v) is 8.63. The highest BCUT2D eigenvalue weighted by atomic mass is 16.2. The van der Waals surface area contributed by atoms with Crippen LogP contribution in [0.5, 0.6) is 0 Å². The molecule has 1 aliphatic rings. The zero-order valence-corrected chi connectivity index (χ0v) is 18.4. The van der Waals surface area contributed by atoms with Gasteiger partial charge in [0.05, 0.1) is 23.5 Å². The third-order valence-electron chi connectivity index (χ3n) is 5.82. The Kier molecular flexibility index (Phi) is 6.80. The number of hydrogen-bond acceptors (Lipinski definition) is 4. The highest BCUT2D eigenvalue weighted by molar-refractivity contribution is 5.95. The zero-order chi connectivity index (χ0) is 21.8. The maximum absolute atomic E-state index is 12.9. The minimum Gasteiger partial charge on any atom is -0.370 e. The Morgan fingerprint density at radius 3 is 2.50 bits per heavy atom. The third kappa shape index (κ3) is 5.01. The lowest BCUT2D eigenvalue weighted by Crippen LogP contribution is -2.38. The highest BCUT2D eigenvalue weighted by Crippen LogP contribution is 2.30. The van der Waals surface area contributed by atoms with Gasteiger partial charge in [0.15, 0.2) is 0 Å². The molecule has 0 spiro atoms. The number of piperidine rings is 1. The van der Waals surface area contributed by atoms with Crippen LogP contribution in [-0.4, -0.2) is 34.7 Å². The third-order valence-corrected chi connectivity index (χ3v) is 5.82. The van der Waals surface area contributed by atoms with E-state index in [1.807, 2.05) is 42.8 Å². The Balaban J connectivity index is 1.70. The molecule has 0 aliphatic carbocycles. The van der Waals surface area contributed by atoms with E-state index in [-0.39, 0.29) is 17.7 Å². The molecule has 1 fully saturated rings. The van der Waals surface area contributed by atoms with E-state index < -0.39 is 0 Å². The van der Waals surface area contributed by atoms with Gasteiger partial charge in [0, 0.05) is 36.8 Å². The molecule has 2 amide bonds. The molecule has 0 radical (unpaired) electrons. The van der Waals surface area contributed by atoms with E-state index in [1.165, 1.54) is 0 Å². The molecule has 2 aromatic rings. The fraction of sp³-hybridized carbons (Fsp3) is 0.522. The minimum atomic E-state index is -0.222. The van der Waals surface area contributed by atoms with Gasteiger partial charge < -0.3 is 16.0 Å². The van der Waals surface area contributed by atoms with Crippen LogP contribution in [0.15, 0.2) is 24.3 Å². The molecular weight excluding hydrogens is 378 g/mol. The van der Waals surface area contributed by atoms with Gasteiger partial charge in [-0.05, 0) is 44.7 Å². The molecule has 1 aromatic heterocycles. The first kappa shape index (κ1) is 21.9. The van der Waals surface area contributed by atoms with Crippen LogP contribution in [0.1, 0.15) is 43.6 Å². The molecule has 7 heteroatoms. The number of aryl methyl sites for hydroxylation is 1. The number of nitrogens with two attached hydrogens (primary N) is 1. The number of hydrogen-bond donors (Lipinski definition) is 2. The summed E-state index contributed by atoms with van der Waals surface area (Å²) in [5.74, 6) is 0.163. The number of amides is 2. The van der Waals surface area contributed by atoms with E-state index in [0.29, 0.717) is 12.3 Å². The van der Waals surface area contributed by atoms with Crippen LogP contribution < -0.4 is 16.0 Å². The molecule has 0 atom stereocenters. The molecule has 0 bridgehead atoms.